The number of nitrogens with one attached hydrogen (secondary N) is 1. The molecule has 118 valence electrons. The summed E-state index contributed by atoms with van der Waals surface area (Å²) < 4.78 is 15.8. The first-order chi connectivity index (χ1) is 11.2. The van der Waals surface area contributed by atoms with Crippen LogP contribution in [0.3, 0.4) is 0 Å². The van der Waals surface area contributed by atoms with E-state index in [-0.39, 0.29) is 5.56 Å². The summed E-state index contributed by atoms with van der Waals surface area (Å²) in [4.78, 5) is 12.4. The van der Waals surface area contributed by atoms with Crippen LogP contribution in [0.25, 0.3) is 10.9 Å². The van der Waals surface area contributed by atoms with Gasteiger partial charge in [0, 0.05) is 18.0 Å². The van der Waals surface area contributed by atoms with Gasteiger partial charge in [0.15, 0.2) is 0 Å². The van der Waals surface area contributed by atoms with Crippen LogP contribution in [0, 0.1) is 5.82 Å². The molecule has 1 saturated carbocycles. The highest BCUT2D eigenvalue weighted by Gasteiger charge is 2.27. The third kappa shape index (κ3) is 2.59. The zero-order valence-electron chi connectivity index (χ0n) is 12.4. The molecule has 1 aliphatic rings. The molecule has 0 saturated heterocycles. The van der Waals surface area contributed by atoms with E-state index in [0.717, 1.165) is 17.8 Å². The summed E-state index contributed by atoms with van der Waals surface area (Å²) in [5.74, 6) is -0.359. The second-order valence-electron chi connectivity index (χ2n) is 5.53. The van der Waals surface area contributed by atoms with Gasteiger partial charge in [-0.1, -0.05) is 11.3 Å². The van der Waals surface area contributed by atoms with Gasteiger partial charge in [0.25, 0.3) is 5.91 Å². The summed E-state index contributed by atoms with van der Waals surface area (Å²) >= 11 is 1.38. The van der Waals surface area contributed by atoms with Crippen LogP contribution in [0.1, 0.15) is 41.0 Å². The molecule has 0 bridgehead atoms. The first-order valence-electron chi connectivity index (χ1n) is 7.45. The lowest BCUT2D eigenvalue weighted by molar-refractivity contribution is 0.102. The zero-order valence-corrected chi connectivity index (χ0v) is 13.2. The highest BCUT2D eigenvalue weighted by atomic mass is 32.1. The van der Waals surface area contributed by atoms with Crippen molar-refractivity contribution < 1.29 is 9.18 Å². The largest absolute Gasteiger partial charge is 0.296 e. The second-order valence-corrected chi connectivity index (χ2v) is 6.53. The molecule has 0 atom stereocenters. The summed E-state index contributed by atoms with van der Waals surface area (Å²) in [5, 5.41) is 16.7. The molecular formula is C15H14FN5OS. The highest BCUT2D eigenvalue weighted by Crippen LogP contribution is 2.42. The number of halogens is 1. The van der Waals surface area contributed by atoms with Crippen LogP contribution in [-0.2, 0) is 6.54 Å². The average molecular weight is 331 g/mol. The molecule has 2 aromatic heterocycles. The maximum Gasteiger partial charge on any atom is 0.257 e. The molecule has 1 aromatic carbocycles. The number of fused-ring (bicyclic) bond motifs is 1. The van der Waals surface area contributed by atoms with Gasteiger partial charge < -0.3 is 0 Å². The Balaban J connectivity index is 1.62. The fraction of sp³-hybridized carbons (Fsp3) is 0.333. The molecule has 8 heteroatoms. The minimum absolute atomic E-state index is 0.244. The average Bonchev–Trinajstić information content (AvgIpc) is 3.14. The molecule has 1 fully saturated rings. The molecule has 3 aromatic rings. The molecule has 1 N–H and O–H groups in total. The van der Waals surface area contributed by atoms with E-state index in [2.05, 4.69) is 20.6 Å². The predicted molar refractivity (Wildman–Crippen MR) is 85.2 cm³/mol. The summed E-state index contributed by atoms with van der Waals surface area (Å²) in [6.07, 6.45) is 3.74. The topological polar surface area (TPSA) is 72.7 Å². The summed E-state index contributed by atoms with van der Waals surface area (Å²) in [6.45, 7) is 2.52. The number of amides is 1. The zero-order chi connectivity index (χ0) is 16.0. The monoisotopic (exact) mass is 331 g/mol. The Hall–Kier alpha value is -2.35. The molecule has 0 unspecified atom stereocenters. The maximum absolute atomic E-state index is 14.2. The molecule has 0 radical (unpaired) electrons. The third-order valence-electron chi connectivity index (χ3n) is 3.86. The Bertz CT molecular complexity index is 899. The quantitative estimate of drug-likeness (QED) is 0.797. The van der Waals surface area contributed by atoms with Gasteiger partial charge in [-0.05, 0) is 31.9 Å². The van der Waals surface area contributed by atoms with E-state index in [0.29, 0.717) is 28.5 Å². The number of anilines is 1. The van der Waals surface area contributed by atoms with Crippen LogP contribution in [0.2, 0.25) is 0 Å². The Labute approximate surface area is 135 Å². The number of benzene rings is 1. The highest BCUT2D eigenvalue weighted by molar-refractivity contribution is 7.15. The lowest BCUT2D eigenvalue weighted by Gasteiger charge is -2.04. The van der Waals surface area contributed by atoms with Crippen molar-refractivity contribution >= 4 is 33.3 Å². The van der Waals surface area contributed by atoms with Gasteiger partial charge in [-0.2, -0.15) is 5.10 Å². The maximum atomic E-state index is 14.2. The van der Waals surface area contributed by atoms with E-state index >= 15 is 0 Å². The molecule has 1 aliphatic carbocycles. The lowest BCUT2D eigenvalue weighted by atomic mass is 10.1. The Morgan fingerprint density at radius 2 is 2.26 bits per heavy atom. The van der Waals surface area contributed by atoms with Crippen LogP contribution >= 0.6 is 11.3 Å². The van der Waals surface area contributed by atoms with Gasteiger partial charge in [0.2, 0.25) is 5.13 Å². The molecule has 1 amide bonds. The van der Waals surface area contributed by atoms with Gasteiger partial charge in [0.1, 0.15) is 10.8 Å². The van der Waals surface area contributed by atoms with Crippen molar-refractivity contribution in [2.45, 2.75) is 32.2 Å². The SMILES string of the molecule is CCn1ncc2c(F)cc(C(=O)Nc3nnc(C4CC4)s3)cc21. The number of aromatic nitrogens is 4. The summed E-state index contributed by atoms with van der Waals surface area (Å²) in [6, 6.07) is 2.87. The van der Waals surface area contributed by atoms with Crippen LogP contribution in [-0.4, -0.2) is 25.9 Å². The van der Waals surface area contributed by atoms with E-state index in [4.69, 9.17) is 0 Å². The Morgan fingerprint density at radius 1 is 1.43 bits per heavy atom. The van der Waals surface area contributed by atoms with Gasteiger partial charge in [0.05, 0.1) is 17.1 Å². The number of carbonyl (C=O) groups excluding carboxylic acids is 1. The molecule has 2 heterocycles. The van der Waals surface area contributed by atoms with Crippen molar-refractivity contribution in [1.82, 2.24) is 20.0 Å². The fourth-order valence-electron chi connectivity index (χ4n) is 2.47. The van der Waals surface area contributed by atoms with Crippen molar-refractivity contribution in [2.24, 2.45) is 0 Å². The van der Waals surface area contributed by atoms with Crippen molar-refractivity contribution in [3.05, 3.63) is 34.7 Å². The first kappa shape index (κ1) is 14.3. The molecular weight excluding hydrogens is 317 g/mol. The van der Waals surface area contributed by atoms with Crippen molar-refractivity contribution in [2.75, 3.05) is 5.32 Å². The van der Waals surface area contributed by atoms with E-state index in [1.54, 1.807) is 10.7 Å². The van der Waals surface area contributed by atoms with Crippen LogP contribution in [0.4, 0.5) is 9.52 Å². The van der Waals surface area contributed by atoms with E-state index in [1.165, 1.54) is 23.6 Å². The Morgan fingerprint density at radius 3 is 3.00 bits per heavy atom. The standard InChI is InChI=1S/C15H14FN5OS/c1-2-21-12-6-9(5-11(16)10(12)7-17-21)13(22)18-15-20-19-14(23-15)8-3-4-8/h5-8H,2-4H2,1H3,(H,18,20,22). The van der Waals surface area contributed by atoms with E-state index in [1.807, 2.05) is 6.92 Å². The number of rotatable bonds is 4. The summed E-state index contributed by atoms with van der Waals surface area (Å²) in [7, 11) is 0. The molecule has 0 aliphatic heterocycles. The molecule has 23 heavy (non-hydrogen) atoms. The van der Waals surface area contributed by atoms with Crippen LogP contribution in [0.5, 0.6) is 0 Å². The number of hydrogen-bond acceptors (Lipinski definition) is 5. The smallest absolute Gasteiger partial charge is 0.257 e. The minimum Gasteiger partial charge on any atom is -0.296 e. The van der Waals surface area contributed by atoms with Gasteiger partial charge in [-0.25, -0.2) is 4.39 Å². The summed E-state index contributed by atoms with van der Waals surface area (Å²) in [5.41, 5.74) is 0.849. The molecule has 4 rings (SSSR count). The second kappa shape index (κ2) is 5.38. The fourth-order valence-corrected chi connectivity index (χ4v) is 3.37. The number of carbonyl (C=O) groups is 1. The minimum atomic E-state index is -0.455. The number of aryl methyl sites for hydroxylation is 1. The number of hydrogen-bond donors (Lipinski definition) is 1. The van der Waals surface area contributed by atoms with Crippen molar-refractivity contribution in [3.63, 3.8) is 0 Å². The Kier molecular flexibility index (Phi) is 3.33. The third-order valence-corrected chi connectivity index (χ3v) is 4.86. The van der Waals surface area contributed by atoms with E-state index < -0.39 is 11.7 Å². The van der Waals surface area contributed by atoms with Crippen LogP contribution < -0.4 is 5.32 Å². The van der Waals surface area contributed by atoms with E-state index in [9.17, 15) is 9.18 Å². The van der Waals surface area contributed by atoms with Crippen molar-refractivity contribution in [1.29, 1.82) is 0 Å². The predicted octanol–water partition coefficient (Wildman–Crippen LogP) is 3.18. The van der Waals surface area contributed by atoms with Gasteiger partial charge in [-0.3, -0.25) is 14.8 Å². The first-order valence-corrected chi connectivity index (χ1v) is 8.27. The molecule has 0 spiro atoms. The number of nitrogens with zero attached hydrogens (tertiary/aromatic N) is 4. The van der Waals surface area contributed by atoms with Crippen LogP contribution in [0.15, 0.2) is 18.3 Å². The lowest BCUT2D eigenvalue weighted by Crippen LogP contribution is -2.12. The van der Waals surface area contributed by atoms with Gasteiger partial charge >= 0.3 is 0 Å². The van der Waals surface area contributed by atoms with Gasteiger partial charge in [-0.15, -0.1) is 10.2 Å². The molecule has 6 nitrogen and oxygen atoms in total. The van der Waals surface area contributed by atoms with Crippen molar-refractivity contribution in [3.8, 4) is 0 Å². The normalized spacial score (nSPS) is 14.3.